The smallest absolute Gasteiger partial charge is 0.259 e. The number of imidazole rings is 1. The maximum Gasteiger partial charge on any atom is 0.259 e. The van der Waals surface area contributed by atoms with Crippen molar-refractivity contribution in [1.82, 2.24) is 29.0 Å². The molecule has 1 N–H and O–H groups in total. The topological polar surface area (TPSA) is 94.7 Å². The SMILES string of the molecule is CC(C)n1cnc(S(=O)(=O)NCc2cc(-c3cccnc3)nn2C)c1. The second-order valence-electron chi connectivity index (χ2n) is 5.96. The van der Waals surface area contributed by atoms with Crippen molar-refractivity contribution in [3.63, 3.8) is 0 Å². The molecule has 3 rings (SSSR count). The van der Waals surface area contributed by atoms with Gasteiger partial charge in [0.05, 0.1) is 24.3 Å². The van der Waals surface area contributed by atoms with E-state index in [1.54, 1.807) is 28.7 Å². The van der Waals surface area contributed by atoms with Crippen molar-refractivity contribution in [3.05, 3.63) is 48.8 Å². The molecule has 132 valence electrons. The molecule has 0 aliphatic rings. The minimum absolute atomic E-state index is 0.0100. The van der Waals surface area contributed by atoms with Crippen molar-refractivity contribution in [2.24, 2.45) is 7.05 Å². The van der Waals surface area contributed by atoms with Crippen LogP contribution in [0.25, 0.3) is 11.3 Å². The first-order valence-electron chi connectivity index (χ1n) is 7.83. The molecule has 0 amide bonds. The van der Waals surface area contributed by atoms with E-state index in [1.807, 2.05) is 32.0 Å². The molecule has 8 nitrogen and oxygen atoms in total. The van der Waals surface area contributed by atoms with Gasteiger partial charge in [-0.05, 0) is 32.0 Å². The average molecular weight is 360 g/mol. The van der Waals surface area contributed by atoms with Crippen molar-refractivity contribution in [1.29, 1.82) is 0 Å². The fraction of sp³-hybridized carbons (Fsp3) is 0.312. The molecule has 3 aromatic heterocycles. The summed E-state index contributed by atoms with van der Waals surface area (Å²) in [6.07, 6.45) is 6.45. The lowest BCUT2D eigenvalue weighted by Crippen LogP contribution is -2.24. The van der Waals surface area contributed by atoms with Crippen molar-refractivity contribution >= 4 is 10.0 Å². The minimum Gasteiger partial charge on any atom is -0.334 e. The molecule has 25 heavy (non-hydrogen) atoms. The van der Waals surface area contributed by atoms with Gasteiger partial charge in [0.25, 0.3) is 10.0 Å². The molecule has 0 spiro atoms. The Morgan fingerprint density at radius 3 is 2.76 bits per heavy atom. The van der Waals surface area contributed by atoms with Crippen LogP contribution in [0, 0.1) is 0 Å². The summed E-state index contributed by atoms with van der Waals surface area (Å²) in [4.78, 5) is 8.05. The zero-order valence-corrected chi connectivity index (χ0v) is 15.1. The van der Waals surface area contributed by atoms with Gasteiger partial charge in [-0.3, -0.25) is 9.67 Å². The van der Waals surface area contributed by atoms with Crippen LogP contribution in [-0.4, -0.2) is 32.7 Å². The molecule has 0 aliphatic carbocycles. The summed E-state index contributed by atoms with van der Waals surface area (Å²) in [7, 11) is -1.90. The third-order valence-corrected chi connectivity index (χ3v) is 5.11. The second-order valence-corrected chi connectivity index (χ2v) is 7.68. The van der Waals surface area contributed by atoms with Crippen LogP contribution in [0.3, 0.4) is 0 Å². The molecule has 0 unspecified atom stereocenters. The molecule has 0 saturated heterocycles. The molecular weight excluding hydrogens is 340 g/mol. The summed E-state index contributed by atoms with van der Waals surface area (Å²) in [6, 6.07) is 5.72. The van der Waals surface area contributed by atoms with Gasteiger partial charge in [-0.25, -0.2) is 18.1 Å². The van der Waals surface area contributed by atoms with Gasteiger partial charge in [0.15, 0.2) is 5.03 Å². The minimum atomic E-state index is -3.68. The van der Waals surface area contributed by atoms with E-state index in [9.17, 15) is 8.42 Å². The van der Waals surface area contributed by atoms with Crippen LogP contribution in [0.5, 0.6) is 0 Å². The van der Waals surface area contributed by atoms with Crippen LogP contribution in [0.2, 0.25) is 0 Å². The first-order valence-corrected chi connectivity index (χ1v) is 9.31. The summed E-state index contributed by atoms with van der Waals surface area (Å²) in [5.74, 6) is 0. The quantitative estimate of drug-likeness (QED) is 0.722. The molecule has 0 aliphatic heterocycles. The Kier molecular flexibility index (Phi) is 4.69. The Morgan fingerprint density at radius 1 is 1.32 bits per heavy atom. The Balaban J connectivity index is 1.75. The zero-order valence-electron chi connectivity index (χ0n) is 14.3. The first kappa shape index (κ1) is 17.3. The van der Waals surface area contributed by atoms with Gasteiger partial charge in [-0.2, -0.15) is 5.10 Å². The zero-order chi connectivity index (χ0) is 18.0. The predicted molar refractivity (Wildman–Crippen MR) is 93.1 cm³/mol. The Labute approximate surface area is 146 Å². The summed E-state index contributed by atoms with van der Waals surface area (Å²) in [6.45, 7) is 4.04. The van der Waals surface area contributed by atoms with Crippen LogP contribution >= 0.6 is 0 Å². The first-order chi connectivity index (χ1) is 11.9. The van der Waals surface area contributed by atoms with Crippen LogP contribution in [-0.2, 0) is 23.6 Å². The van der Waals surface area contributed by atoms with Gasteiger partial charge in [0.1, 0.15) is 0 Å². The molecule has 3 heterocycles. The van der Waals surface area contributed by atoms with Crippen LogP contribution in [0.15, 0.2) is 48.1 Å². The number of nitrogens with zero attached hydrogens (tertiary/aromatic N) is 5. The third kappa shape index (κ3) is 3.77. The fourth-order valence-corrected chi connectivity index (χ4v) is 3.24. The Bertz CT molecular complexity index is 960. The van der Waals surface area contributed by atoms with Crippen LogP contribution < -0.4 is 4.72 Å². The maximum absolute atomic E-state index is 12.4. The number of rotatable bonds is 6. The highest BCUT2D eigenvalue weighted by atomic mass is 32.2. The molecule has 0 bridgehead atoms. The second kappa shape index (κ2) is 6.77. The van der Waals surface area contributed by atoms with E-state index in [0.29, 0.717) is 0 Å². The molecular formula is C16H20N6O2S. The van der Waals surface area contributed by atoms with E-state index < -0.39 is 10.0 Å². The standard InChI is InChI=1S/C16H20N6O2S/c1-12(2)22-10-16(18-11-22)25(23,24)19-9-14-7-15(20-21(14)3)13-5-4-6-17-8-13/h4-8,10-12,19H,9H2,1-3H3. The molecule has 0 radical (unpaired) electrons. The summed E-state index contributed by atoms with van der Waals surface area (Å²) in [5, 5.41) is 4.41. The molecule has 9 heteroatoms. The van der Waals surface area contributed by atoms with Crippen molar-refractivity contribution in [3.8, 4) is 11.3 Å². The highest BCUT2D eigenvalue weighted by molar-refractivity contribution is 7.89. The molecule has 0 atom stereocenters. The Hall–Kier alpha value is -2.52. The van der Waals surface area contributed by atoms with E-state index >= 15 is 0 Å². The normalized spacial score (nSPS) is 12.0. The summed E-state index contributed by atoms with van der Waals surface area (Å²) in [5.41, 5.74) is 2.36. The lowest BCUT2D eigenvalue weighted by molar-refractivity contribution is 0.572. The largest absolute Gasteiger partial charge is 0.334 e. The lowest BCUT2D eigenvalue weighted by atomic mass is 10.2. The summed E-state index contributed by atoms with van der Waals surface area (Å²) < 4.78 is 30.8. The average Bonchev–Trinajstić information content (AvgIpc) is 3.21. The van der Waals surface area contributed by atoms with Gasteiger partial charge < -0.3 is 4.57 Å². The van der Waals surface area contributed by atoms with Gasteiger partial charge in [-0.15, -0.1) is 0 Å². The molecule has 0 fully saturated rings. The number of aromatic nitrogens is 5. The van der Waals surface area contributed by atoms with E-state index in [-0.39, 0.29) is 17.6 Å². The van der Waals surface area contributed by atoms with E-state index in [0.717, 1.165) is 17.0 Å². The van der Waals surface area contributed by atoms with Gasteiger partial charge >= 0.3 is 0 Å². The van der Waals surface area contributed by atoms with Gasteiger partial charge in [-0.1, -0.05) is 0 Å². The van der Waals surface area contributed by atoms with Gasteiger partial charge in [0.2, 0.25) is 0 Å². The highest BCUT2D eigenvalue weighted by Gasteiger charge is 2.19. The van der Waals surface area contributed by atoms with Crippen molar-refractivity contribution in [2.75, 3.05) is 0 Å². The highest BCUT2D eigenvalue weighted by Crippen LogP contribution is 2.18. The third-order valence-electron chi connectivity index (χ3n) is 3.83. The number of nitrogens with one attached hydrogen (secondary N) is 1. The number of aryl methyl sites for hydroxylation is 1. The lowest BCUT2D eigenvalue weighted by Gasteiger charge is -2.05. The molecule has 3 aromatic rings. The van der Waals surface area contributed by atoms with Gasteiger partial charge in [0, 0.05) is 37.2 Å². The van der Waals surface area contributed by atoms with Crippen LogP contribution in [0.4, 0.5) is 0 Å². The van der Waals surface area contributed by atoms with Crippen molar-refractivity contribution in [2.45, 2.75) is 31.5 Å². The van der Waals surface area contributed by atoms with E-state index in [1.165, 1.54) is 12.5 Å². The Morgan fingerprint density at radius 2 is 2.12 bits per heavy atom. The number of hydrogen-bond acceptors (Lipinski definition) is 5. The monoisotopic (exact) mass is 360 g/mol. The number of sulfonamides is 1. The predicted octanol–water partition coefficient (Wildman–Crippen LogP) is 1.74. The number of hydrogen-bond donors (Lipinski definition) is 1. The van der Waals surface area contributed by atoms with Crippen LogP contribution in [0.1, 0.15) is 25.6 Å². The molecule has 0 aromatic carbocycles. The number of pyridine rings is 1. The van der Waals surface area contributed by atoms with E-state index in [4.69, 9.17) is 0 Å². The van der Waals surface area contributed by atoms with E-state index in [2.05, 4.69) is 19.8 Å². The molecule has 0 saturated carbocycles. The fourth-order valence-electron chi connectivity index (χ4n) is 2.31. The van der Waals surface area contributed by atoms with Crippen molar-refractivity contribution < 1.29 is 8.42 Å². The maximum atomic E-state index is 12.4. The summed E-state index contributed by atoms with van der Waals surface area (Å²) >= 11 is 0.